The summed E-state index contributed by atoms with van der Waals surface area (Å²) in [5, 5.41) is 9.60. The Kier molecular flexibility index (Phi) is 3.82. The molecule has 1 rings (SSSR count). The van der Waals surface area contributed by atoms with E-state index in [0.29, 0.717) is 5.56 Å². The van der Waals surface area contributed by atoms with Crippen LogP contribution in [0.4, 0.5) is 4.39 Å². The summed E-state index contributed by atoms with van der Waals surface area (Å²) in [6.07, 6.45) is -1.47. The molecule has 0 aliphatic rings. The number of hydrogen-bond acceptors (Lipinski definition) is 3. The Hall–Kier alpha value is -0.940. The molecule has 0 saturated carbocycles. The van der Waals surface area contributed by atoms with Crippen molar-refractivity contribution in [3.8, 4) is 0 Å². The van der Waals surface area contributed by atoms with Crippen LogP contribution in [0.25, 0.3) is 0 Å². The second kappa shape index (κ2) is 4.72. The SMILES string of the molecule is COC(=O)C(O)c1c(C)ccc(F)c1Br. The molecule has 15 heavy (non-hydrogen) atoms. The van der Waals surface area contributed by atoms with Crippen LogP contribution < -0.4 is 0 Å². The summed E-state index contributed by atoms with van der Waals surface area (Å²) >= 11 is 2.99. The number of aliphatic hydroxyl groups excluding tert-OH is 1. The zero-order chi connectivity index (χ0) is 11.6. The van der Waals surface area contributed by atoms with Crippen molar-refractivity contribution in [2.24, 2.45) is 0 Å². The average molecular weight is 277 g/mol. The van der Waals surface area contributed by atoms with Gasteiger partial charge in [0.25, 0.3) is 0 Å². The highest BCUT2D eigenvalue weighted by Crippen LogP contribution is 2.29. The topological polar surface area (TPSA) is 46.5 Å². The molecule has 0 fully saturated rings. The van der Waals surface area contributed by atoms with Crippen LogP contribution in [-0.2, 0) is 9.53 Å². The Morgan fingerprint density at radius 3 is 2.73 bits per heavy atom. The van der Waals surface area contributed by atoms with E-state index in [4.69, 9.17) is 0 Å². The predicted molar refractivity (Wildman–Crippen MR) is 55.8 cm³/mol. The van der Waals surface area contributed by atoms with Gasteiger partial charge in [-0.3, -0.25) is 0 Å². The summed E-state index contributed by atoms with van der Waals surface area (Å²) in [5.74, 6) is -1.34. The zero-order valence-electron chi connectivity index (χ0n) is 8.25. The van der Waals surface area contributed by atoms with Gasteiger partial charge < -0.3 is 9.84 Å². The number of ether oxygens (including phenoxy) is 1. The highest BCUT2D eigenvalue weighted by Gasteiger charge is 2.24. The Labute approximate surface area is 95.0 Å². The number of rotatable bonds is 2. The maximum atomic E-state index is 13.2. The summed E-state index contributed by atoms with van der Waals surface area (Å²) in [4.78, 5) is 11.1. The first-order valence-corrected chi connectivity index (χ1v) is 4.98. The lowest BCUT2D eigenvalue weighted by Crippen LogP contribution is -2.15. The van der Waals surface area contributed by atoms with Crippen molar-refractivity contribution in [2.45, 2.75) is 13.0 Å². The average Bonchev–Trinajstić information content (AvgIpc) is 2.22. The fourth-order valence-corrected chi connectivity index (χ4v) is 1.89. The molecule has 0 spiro atoms. The number of aryl methyl sites for hydroxylation is 1. The van der Waals surface area contributed by atoms with Crippen LogP contribution in [-0.4, -0.2) is 18.2 Å². The van der Waals surface area contributed by atoms with Crippen molar-refractivity contribution < 1.29 is 19.0 Å². The van der Waals surface area contributed by atoms with Gasteiger partial charge in [0, 0.05) is 5.56 Å². The lowest BCUT2D eigenvalue weighted by Gasteiger charge is -2.13. The van der Waals surface area contributed by atoms with Crippen LogP contribution in [0.15, 0.2) is 16.6 Å². The van der Waals surface area contributed by atoms with Crippen molar-refractivity contribution >= 4 is 21.9 Å². The van der Waals surface area contributed by atoms with Gasteiger partial charge in [0.05, 0.1) is 11.6 Å². The van der Waals surface area contributed by atoms with E-state index < -0.39 is 17.9 Å². The molecule has 1 aromatic rings. The summed E-state index contributed by atoms with van der Waals surface area (Å²) in [7, 11) is 1.16. The van der Waals surface area contributed by atoms with Gasteiger partial charge in [-0.25, -0.2) is 9.18 Å². The van der Waals surface area contributed by atoms with E-state index in [1.54, 1.807) is 6.92 Å². The van der Waals surface area contributed by atoms with Gasteiger partial charge in [0.2, 0.25) is 0 Å². The van der Waals surface area contributed by atoms with Crippen LogP contribution in [0, 0.1) is 12.7 Å². The highest BCUT2D eigenvalue weighted by molar-refractivity contribution is 9.10. The minimum atomic E-state index is -1.47. The number of carbonyl (C=O) groups excluding carboxylic acids is 1. The molecular formula is C10H10BrFO3. The zero-order valence-corrected chi connectivity index (χ0v) is 9.84. The lowest BCUT2D eigenvalue weighted by atomic mass is 10.0. The van der Waals surface area contributed by atoms with E-state index in [1.165, 1.54) is 12.1 Å². The van der Waals surface area contributed by atoms with Gasteiger partial charge in [-0.15, -0.1) is 0 Å². The number of carbonyl (C=O) groups is 1. The number of halogens is 2. The molecule has 1 N–H and O–H groups in total. The molecule has 1 unspecified atom stereocenters. The Balaban J connectivity index is 3.24. The van der Waals surface area contributed by atoms with E-state index >= 15 is 0 Å². The quantitative estimate of drug-likeness (QED) is 0.842. The maximum absolute atomic E-state index is 13.2. The largest absolute Gasteiger partial charge is 0.467 e. The molecule has 82 valence electrons. The predicted octanol–water partition coefficient (Wildman–Crippen LogP) is 2.10. The fourth-order valence-electron chi connectivity index (χ4n) is 1.23. The summed E-state index contributed by atoms with van der Waals surface area (Å²) in [6, 6.07) is 2.74. The molecule has 1 atom stereocenters. The minimum absolute atomic E-state index is 0.0837. The number of methoxy groups -OCH3 is 1. The van der Waals surface area contributed by atoms with Gasteiger partial charge in [-0.05, 0) is 34.5 Å². The van der Waals surface area contributed by atoms with E-state index in [-0.39, 0.29) is 10.0 Å². The number of aliphatic hydroxyl groups is 1. The fraction of sp³-hybridized carbons (Fsp3) is 0.300. The standard InChI is InChI=1S/C10H10BrFO3/c1-5-3-4-6(12)8(11)7(5)9(13)10(14)15-2/h3-4,9,13H,1-2H3. The van der Waals surface area contributed by atoms with E-state index in [9.17, 15) is 14.3 Å². The summed E-state index contributed by atoms with van der Waals surface area (Å²) < 4.78 is 17.6. The molecule has 0 amide bonds. The molecule has 0 aliphatic heterocycles. The van der Waals surface area contributed by atoms with Gasteiger partial charge in [-0.2, -0.15) is 0 Å². The van der Waals surface area contributed by atoms with Crippen molar-refractivity contribution in [1.29, 1.82) is 0 Å². The minimum Gasteiger partial charge on any atom is -0.467 e. The van der Waals surface area contributed by atoms with Crippen LogP contribution >= 0.6 is 15.9 Å². The van der Waals surface area contributed by atoms with Crippen LogP contribution in [0.1, 0.15) is 17.2 Å². The Morgan fingerprint density at radius 1 is 1.60 bits per heavy atom. The molecule has 5 heteroatoms. The molecule has 0 saturated heterocycles. The highest BCUT2D eigenvalue weighted by atomic mass is 79.9. The molecule has 0 radical (unpaired) electrons. The molecule has 0 heterocycles. The number of esters is 1. The first-order chi connectivity index (χ1) is 6.99. The second-order valence-electron chi connectivity index (χ2n) is 3.02. The van der Waals surface area contributed by atoms with Crippen LogP contribution in [0.3, 0.4) is 0 Å². The van der Waals surface area contributed by atoms with Gasteiger partial charge >= 0.3 is 5.97 Å². The summed E-state index contributed by atoms with van der Waals surface area (Å²) in [6.45, 7) is 1.67. The van der Waals surface area contributed by atoms with Crippen molar-refractivity contribution in [3.05, 3.63) is 33.5 Å². The maximum Gasteiger partial charge on any atom is 0.339 e. The Morgan fingerprint density at radius 2 is 2.20 bits per heavy atom. The summed E-state index contributed by atoms with van der Waals surface area (Å²) in [5.41, 5.74) is 0.808. The molecule has 3 nitrogen and oxygen atoms in total. The van der Waals surface area contributed by atoms with E-state index in [1.807, 2.05) is 0 Å². The normalized spacial score (nSPS) is 12.3. The van der Waals surface area contributed by atoms with Gasteiger partial charge in [0.1, 0.15) is 5.82 Å². The second-order valence-corrected chi connectivity index (χ2v) is 3.81. The van der Waals surface area contributed by atoms with Crippen LogP contribution in [0.5, 0.6) is 0 Å². The van der Waals surface area contributed by atoms with E-state index in [2.05, 4.69) is 20.7 Å². The first kappa shape index (κ1) is 12.1. The van der Waals surface area contributed by atoms with E-state index in [0.717, 1.165) is 7.11 Å². The monoisotopic (exact) mass is 276 g/mol. The van der Waals surface area contributed by atoms with Crippen molar-refractivity contribution in [2.75, 3.05) is 7.11 Å². The third-order valence-electron chi connectivity index (χ3n) is 2.05. The number of hydrogen-bond donors (Lipinski definition) is 1. The molecule has 1 aromatic carbocycles. The molecule has 0 bridgehead atoms. The Bertz CT molecular complexity index is 392. The van der Waals surface area contributed by atoms with Crippen LogP contribution in [0.2, 0.25) is 0 Å². The van der Waals surface area contributed by atoms with Gasteiger partial charge in [0.15, 0.2) is 6.10 Å². The molecular weight excluding hydrogens is 267 g/mol. The smallest absolute Gasteiger partial charge is 0.339 e. The van der Waals surface area contributed by atoms with Crippen molar-refractivity contribution in [3.63, 3.8) is 0 Å². The third kappa shape index (κ3) is 2.35. The first-order valence-electron chi connectivity index (χ1n) is 4.19. The van der Waals surface area contributed by atoms with Crippen molar-refractivity contribution in [1.82, 2.24) is 0 Å². The number of benzene rings is 1. The molecule has 0 aromatic heterocycles. The molecule has 0 aliphatic carbocycles. The lowest BCUT2D eigenvalue weighted by molar-refractivity contribution is -0.150. The third-order valence-corrected chi connectivity index (χ3v) is 2.85. The van der Waals surface area contributed by atoms with Gasteiger partial charge in [-0.1, -0.05) is 6.07 Å².